The van der Waals surface area contributed by atoms with Crippen LogP contribution < -0.4 is 0 Å². The van der Waals surface area contributed by atoms with Crippen molar-refractivity contribution < 1.29 is 4.79 Å². The summed E-state index contributed by atoms with van der Waals surface area (Å²) in [4.78, 5) is 18.2. The normalized spacial score (nSPS) is 41.8. The van der Waals surface area contributed by atoms with Crippen molar-refractivity contribution in [1.29, 1.82) is 0 Å². The Morgan fingerprint density at radius 2 is 1.78 bits per heavy atom. The molecule has 23 heavy (non-hydrogen) atoms. The Labute approximate surface area is 138 Å². The number of nitrogens with zero attached hydrogens (tertiary/aromatic N) is 4. The van der Waals surface area contributed by atoms with Gasteiger partial charge < -0.3 is 0 Å². The highest BCUT2D eigenvalue weighted by molar-refractivity contribution is 5.93. The monoisotopic (exact) mass is 316 g/mol. The first-order valence-corrected chi connectivity index (χ1v) is 8.84. The maximum Gasteiger partial charge on any atom is 0.150 e. The molecule has 0 aliphatic carbocycles. The predicted molar refractivity (Wildman–Crippen MR) is 89.0 cm³/mol. The van der Waals surface area contributed by atoms with Gasteiger partial charge in [-0.2, -0.15) is 5.10 Å². The maximum absolute atomic E-state index is 13.1. The lowest BCUT2D eigenvalue weighted by Gasteiger charge is -2.65. The molecule has 2 atom stereocenters. The zero-order valence-corrected chi connectivity index (χ0v) is 15.0. The molecule has 126 valence electrons. The van der Waals surface area contributed by atoms with Gasteiger partial charge in [0.25, 0.3) is 0 Å². The molecule has 4 saturated heterocycles. The highest BCUT2D eigenvalue weighted by atomic mass is 16.1. The second kappa shape index (κ2) is 4.67. The number of carbonyl (C=O) groups is 1. The Balaban J connectivity index is 1.78. The SMILES string of the molecule is CCCC12CN3CC(C)(CN(C1)C3c1c(C)nn(C)c1C)C2=O. The smallest absolute Gasteiger partial charge is 0.150 e. The second-order valence-electron chi connectivity index (χ2n) is 8.31. The van der Waals surface area contributed by atoms with Crippen LogP contribution in [0.25, 0.3) is 0 Å². The summed E-state index contributed by atoms with van der Waals surface area (Å²) in [7, 11) is 2.02. The summed E-state index contributed by atoms with van der Waals surface area (Å²) in [6, 6.07) is 0. The number of hydrogen-bond donors (Lipinski definition) is 0. The zero-order chi connectivity index (χ0) is 16.6. The van der Waals surface area contributed by atoms with Crippen molar-refractivity contribution in [1.82, 2.24) is 19.6 Å². The molecule has 0 spiro atoms. The van der Waals surface area contributed by atoms with Gasteiger partial charge in [-0.15, -0.1) is 0 Å². The third kappa shape index (κ3) is 1.86. The van der Waals surface area contributed by atoms with E-state index in [-0.39, 0.29) is 10.8 Å². The van der Waals surface area contributed by atoms with E-state index in [4.69, 9.17) is 0 Å². The Morgan fingerprint density at radius 3 is 2.26 bits per heavy atom. The third-order valence-electron chi connectivity index (χ3n) is 6.39. The third-order valence-corrected chi connectivity index (χ3v) is 6.39. The van der Waals surface area contributed by atoms with Crippen LogP contribution >= 0.6 is 0 Å². The van der Waals surface area contributed by atoms with Gasteiger partial charge in [0, 0.05) is 44.5 Å². The number of Topliss-reactive ketones (excluding diaryl/α,β-unsaturated/α-hetero) is 1. The lowest BCUT2D eigenvalue weighted by Crippen LogP contribution is -2.76. The first-order valence-electron chi connectivity index (χ1n) is 8.84. The number of carbonyl (C=O) groups excluding carboxylic acids is 1. The van der Waals surface area contributed by atoms with Crippen LogP contribution in [-0.4, -0.2) is 51.5 Å². The number of hydrogen-bond acceptors (Lipinski definition) is 4. The van der Waals surface area contributed by atoms with Crippen LogP contribution in [0.3, 0.4) is 0 Å². The fourth-order valence-electron chi connectivity index (χ4n) is 5.67. The van der Waals surface area contributed by atoms with Crippen LogP contribution in [0.15, 0.2) is 0 Å². The van der Waals surface area contributed by atoms with E-state index >= 15 is 0 Å². The highest BCUT2D eigenvalue weighted by Gasteiger charge is 2.63. The standard InChI is InChI=1S/C18H28N4O/c1-6-7-18-10-21-8-17(4,16(18)23)9-22(11-18)15(21)14-12(2)19-20(5)13(14)3/h15H,6-11H2,1-5H3. The molecule has 0 radical (unpaired) electrons. The van der Waals surface area contributed by atoms with Crippen molar-refractivity contribution in [3.8, 4) is 0 Å². The van der Waals surface area contributed by atoms with Gasteiger partial charge in [-0.1, -0.05) is 20.3 Å². The summed E-state index contributed by atoms with van der Waals surface area (Å²) in [5.74, 6) is 0.525. The molecule has 2 unspecified atom stereocenters. The summed E-state index contributed by atoms with van der Waals surface area (Å²) in [6.07, 6.45) is 2.40. The molecule has 5 heterocycles. The fourth-order valence-corrected chi connectivity index (χ4v) is 5.67. The van der Waals surface area contributed by atoms with Crippen LogP contribution in [0.5, 0.6) is 0 Å². The van der Waals surface area contributed by atoms with E-state index < -0.39 is 0 Å². The molecule has 0 aromatic carbocycles. The van der Waals surface area contributed by atoms with Gasteiger partial charge >= 0.3 is 0 Å². The van der Waals surface area contributed by atoms with Gasteiger partial charge in [0.2, 0.25) is 0 Å². The fraction of sp³-hybridized carbons (Fsp3) is 0.778. The molecule has 1 aromatic rings. The molecule has 4 fully saturated rings. The molecule has 0 amide bonds. The first-order chi connectivity index (χ1) is 10.8. The number of ketones is 1. The lowest BCUT2D eigenvalue weighted by atomic mass is 9.59. The largest absolute Gasteiger partial charge is 0.298 e. The molecule has 5 rings (SSSR count). The van der Waals surface area contributed by atoms with E-state index in [0.29, 0.717) is 11.9 Å². The van der Waals surface area contributed by atoms with Crippen LogP contribution in [0.1, 0.15) is 49.8 Å². The zero-order valence-electron chi connectivity index (χ0n) is 15.0. The lowest BCUT2D eigenvalue weighted by molar-refractivity contribution is -0.201. The molecular weight excluding hydrogens is 288 g/mol. The predicted octanol–water partition coefficient (Wildman–Crippen LogP) is 2.04. The maximum atomic E-state index is 13.1. The Kier molecular flexibility index (Phi) is 3.11. The molecule has 4 bridgehead atoms. The Bertz CT molecular complexity index is 661. The van der Waals surface area contributed by atoms with Crippen molar-refractivity contribution in [2.45, 2.75) is 46.7 Å². The first kappa shape index (κ1) is 15.3. The van der Waals surface area contributed by atoms with Crippen molar-refractivity contribution in [3.05, 3.63) is 17.0 Å². The average Bonchev–Trinajstić information content (AvgIpc) is 2.70. The van der Waals surface area contributed by atoms with E-state index in [9.17, 15) is 4.79 Å². The molecule has 0 saturated carbocycles. The van der Waals surface area contributed by atoms with Crippen molar-refractivity contribution in [2.75, 3.05) is 26.2 Å². The molecule has 0 N–H and O–H groups in total. The van der Waals surface area contributed by atoms with Gasteiger partial charge in [0.1, 0.15) is 5.78 Å². The molecular formula is C18H28N4O. The summed E-state index contributed by atoms with van der Waals surface area (Å²) in [5.41, 5.74) is 3.41. The van der Waals surface area contributed by atoms with Gasteiger partial charge in [0.05, 0.1) is 22.7 Å². The summed E-state index contributed by atoms with van der Waals surface area (Å²) in [6.45, 7) is 12.3. The van der Waals surface area contributed by atoms with E-state index in [0.717, 1.165) is 44.7 Å². The number of aryl methyl sites for hydroxylation is 2. The molecule has 1 aromatic heterocycles. The van der Waals surface area contributed by atoms with Gasteiger partial charge in [-0.25, -0.2) is 0 Å². The van der Waals surface area contributed by atoms with E-state index in [1.165, 1.54) is 11.3 Å². The van der Waals surface area contributed by atoms with E-state index in [1.807, 2.05) is 11.7 Å². The quantitative estimate of drug-likeness (QED) is 0.856. The molecule has 5 nitrogen and oxygen atoms in total. The van der Waals surface area contributed by atoms with Crippen molar-refractivity contribution in [2.24, 2.45) is 17.9 Å². The molecule has 4 aliphatic heterocycles. The Morgan fingerprint density at radius 1 is 1.17 bits per heavy atom. The van der Waals surface area contributed by atoms with Crippen LogP contribution in [0.2, 0.25) is 0 Å². The molecule has 5 heteroatoms. The van der Waals surface area contributed by atoms with Gasteiger partial charge in [-0.05, 0) is 20.3 Å². The minimum atomic E-state index is -0.188. The number of rotatable bonds is 3. The Hall–Kier alpha value is -1.20. The average molecular weight is 316 g/mol. The van der Waals surface area contributed by atoms with Crippen LogP contribution in [-0.2, 0) is 11.8 Å². The van der Waals surface area contributed by atoms with E-state index in [2.05, 4.69) is 42.6 Å². The van der Waals surface area contributed by atoms with E-state index in [1.54, 1.807) is 0 Å². The second-order valence-corrected chi connectivity index (χ2v) is 8.31. The van der Waals surface area contributed by atoms with Crippen LogP contribution in [0.4, 0.5) is 0 Å². The van der Waals surface area contributed by atoms with Gasteiger partial charge in [-0.3, -0.25) is 19.3 Å². The topological polar surface area (TPSA) is 41.4 Å². The van der Waals surface area contributed by atoms with Gasteiger partial charge in [0.15, 0.2) is 0 Å². The summed E-state index contributed by atoms with van der Waals surface area (Å²) in [5, 5.41) is 4.63. The van der Waals surface area contributed by atoms with Crippen molar-refractivity contribution >= 4 is 5.78 Å². The minimum Gasteiger partial charge on any atom is -0.298 e. The highest BCUT2D eigenvalue weighted by Crippen LogP contribution is 2.54. The van der Waals surface area contributed by atoms with Crippen LogP contribution in [0, 0.1) is 24.7 Å². The summed E-state index contributed by atoms with van der Waals surface area (Å²) < 4.78 is 1.99. The minimum absolute atomic E-state index is 0.138. The molecule has 4 aliphatic rings. The number of aromatic nitrogens is 2. The summed E-state index contributed by atoms with van der Waals surface area (Å²) >= 11 is 0. The number of piperidine rings is 2. The van der Waals surface area contributed by atoms with Crippen molar-refractivity contribution in [3.63, 3.8) is 0 Å².